The van der Waals surface area contributed by atoms with Crippen molar-refractivity contribution in [1.29, 1.82) is 0 Å². The number of carboxylic acids is 1. The minimum Gasteiger partial charge on any atom is -0.480 e. The number of esters is 1. The van der Waals surface area contributed by atoms with E-state index in [1.54, 1.807) is 25.1 Å². The fraction of sp³-hybridized carbons (Fsp3) is 0.467. The molecule has 1 aromatic rings. The lowest BCUT2D eigenvalue weighted by Crippen LogP contribution is -2.42. The van der Waals surface area contributed by atoms with Gasteiger partial charge in [-0.3, -0.25) is 9.59 Å². The van der Waals surface area contributed by atoms with Gasteiger partial charge in [0.05, 0.1) is 17.8 Å². The third-order valence-electron chi connectivity index (χ3n) is 3.80. The van der Waals surface area contributed by atoms with Gasteiger partial charge in [0.1, 0.15) is 6.04 Å². The van der Waals surface area contributed by atoms with Crippen LogP contribution in [-0.2, 0) is 24.3 Å². The number of carbonyl (C=O) groups is 2. The molecule has 7 nitrogen and oxygen atoms in total. The van der Waals surface area contributed by atoms with Gasteiger partial charge in [0.2, 0.25) is 10.0 Å². The van der Waals surface area contributed by atoms with Crippen LogP contribution in [0.2, 0.25) is 0 Å². The van der Waals surface area contributed by atoms with Crippen molar-refractivity contribution in [2.45, 2.75) is 37.0 Å². The Morgan fingerprint density at radius 1 is 1.30 bits per heavy atom. The number of hydrogen-bond donors (Lipinski definition) is 2. The summed E-state index contributed by atoms with van der Waals surface area (Å²) >= 11 is 0. The Labute approximate surface area is 134 Å². The van der Waals surface area contributed by atoms with Crippen molar-refractivity contribution in [3.8, 4) is 0 Å². The van der Waals surface area contributed by atoms with Gasteiger partial charge in [-0.15, -0.1) is 0 Å². The maximum absolute atomic E-state index is 12.6. The molecule has 0 unspecified atom stereocenters. The zero-order valence-electron chi connectivity index (χ0n) is 12.7. The van der Waals surface area contributed by atoms with Crippen LogP contribution in [0.1, 0.15) is 37.8 Å². The molecule has 2 rings (SSSR count). The largest absolute Gasteiger partial charge is 0.480 e. The molecule has 1 fully saturated rings. The van der Waals surface area contributed by atoms with Crippen LogP contribution in [0, 0.1) is 0 Å². The van der Waals surface area contributed by atoms with Gasteiger partial charge in [0.15, 0.2) is 0 Å². The third kappa shape index (κ3) is 3.89. The van der Waals surface area contributed by atoms with Crippen LogP contribution in [0.15, 0.2) is 30.3 Å². The van der Waals surface area contributed by atoms with Crippen LogP contribution in [0.25, 0.3) is 0 Å². The number of carboxylic acid groups (broad SMARTS) is 1. The molecule has 0 aliphatic heterocycles. The highest BCUT2D eigenvalue weighted by atomic mass is 32.2. The molecule has 0 bridgehead atoms. The normalized spacial score (nSPS) is 17.3. The summed E-state index contributed by atoms with van der Waals surface area (Å²) in [6.45, 7) is 1.81. The molecule has 1 aliphatic rings. The average Bonchev–Trinajstić information content (AvgIpc) is 3.27. The molecule has 0 spiro atoms. The van der Waals surface area contributed by atoms with Crippen LogP contribution in [0.3, 0.4) is 0 Å². The number of sulfonamides is 1. The van der Waals surface area contributed by atoms with Crippen molar-refractivity contribution in [1.82, 2.24) is 4.72 Å². The van der Waals surface area contributed by atoms with Crippen LogP contribution < -0.4 is 4.72 Å². The monoisotopic (exact) mass is 341 g/mol. The second-order valence-corrected chi connectivity index (χ2v) is 7.58. The smallest absolute Gasteiger partial charge is 0.326 e. The van der Waals surface area contributed by atoms with Gasteiger partial charge in [0.25, 0.3) is 0 Å². The summed E-state index contributed by atoms with van der Waals surface area (Å²) in [5.74, 6) is -1.89. The number of aliphatic carboxylic acids is 1. The summed E-state index contributed by atoms with van der Waals surface area (Å²) < 4.78 is 30.9. The lowest BCUT2D eigenvalue weighted by Gasteiger charge is -2.20. The summed E-state index contributed by atoms with van der Waals surface area (Å²) in [5, 5.41) is 9.32. The lowest BCUT2D eigenvalue weighted by atomic mass is 10.1. The van der Waals surface area contributed by atoms with Gasteiger partial charge >= 0.3 is 11.9 Å². The first kappa shape index (κ1) is 17.4. The quantitative estimate of drug-likeness (QED) is 0.688. The zero-order valence-corrected chi connectivity index (χ0v) is 13.5. The molecule has 0 radical (unpaired) electrons. The van der Waals surface area contributed by atoms with Gasteiger partial charge < -0.3 is 9.84 Å². The van der Waals surface area contributed by atoms with E-state index in [-0.39, 0.29) is 13.0 Å². The second-order valence-electron chi connectivity index (χ2n) is 5.47. The maximum atomic E-state index is 12.6. The third-order valence-corrected chi connectivity index (χ3v) is 6.04. The van der Waals surface area contributed by atoms with Crippen molar-refractivity contribution in [3.05, 3.63) is 35.9 Å². The summed E-state index contributed by atoms with van der Waals surface area (Å²) in [6, 6.07) is 6.65. The van der Waals surface area contributed by atoms with E-state index in [1.165, 1.54) is 12.1 Å². The van der Waals surface area contributed by atoms with Crippen LogP contribution >= 0.6 is 0 Å². The predicted octanol–water partition coefficient (Wildman–Crippen LogP) is 1.22. The van der Waals surface area contributed by atoms with Gasteiger partial charge in [-0.1, -0.05) is 30.3 Å². The van der Waals surface area contributed by atoms with E-state index in [4.69, 9.17) is 4.74 Å². The highest BCUT2D eigenvalue weighted by molar-refractivity contribution is 7.91. The highest BCUT2D eigenvalue weighted by Gasteiger charge is 2.57. The van der Waals surface area contributed by atoms with Crippen LogP contribution in [-0.4, -0.2) is 36.8 Å². The van der Waals surface area contributed by atoms with Crippen molar-refractivity contribution < 1.29 is 27.9 Å². The molecule has 8 heteroatoms. The summed E-state index contributed by atoms with van der Waals surface area (Å²) in [6.07, 6.45) is 0.349. The molecule has 23 heavy (non-hydrogen) atoms. The Hall–Kier alpha value is -1.93. The first-order valence-corrected chi connectivity index (χ1v) is 8.75. The molecular formula is C15H19NO6S. The Kier molecular flexibility index (Phi) is 5.06. The summed E-state index contributed by atoms with van der Waals surface area (Å²) in [4.78, 5) is 23.0. The van der Waals surface area contributed by atoms with Gasteiger partial charge in [0, 0.05) is 0 Å². The molecule has 126 valence electrons. The number of ether oxygens (including phenoxy) is 1. The lowest BCUT2D eigenvalue weighted by molar-refractivity contribution is -0.143. The molecule has 1 atom stereocenters. The first-order chi connectivity index (χ1) is 10.8. The summed E-state index contributed by atoms with van der Waals surface area (Å²) in [7, 11) is -3.99. The molecule has 1 aromatic carbocycles. The minimum absolute atomic E-state index is 0.171. The molecule has 0 heterocycles. The number of hydrogen-bond acceptors (Lipinski definition) is 5. The molecule has 1 saturated carbocycles. The van der Waals surface area contributed by atoms with Crippen LogP contribution in [0.5, 0.6) is 0 Å². The van der Waals surface area contributed by atoms with E-state index in [9.17, 15) is 23.1 Å². The SMILES string of the molecule is CCOC(=O)CC1(S(=O)(=O)N[C@@H](C(=O)O)c2ccccc2)CC1. The fourth-order valence-corrected chi connectivity index (χ4v) is 4.09. The highest BCUT2D eigenvalue weighted by Crippen LogP contribution is 2.46. The van der Waals surface area contributed by atoms with E-state index in [2.05, 4.69) is 4.72 Å². The Morgan fingerprint density at radius 2 is 1.91 bits per heavy atom. The van der Waals surface area contributed by atoms with E-state index < -0.39 is 32.8 Å². The van der Waals surface area contributed by atoms with E-state index in [0.717, 1.165) is 0 Å². The predicted molar refractivity (Wildman–Crippen MR) is 82.1 cm³/mol. The molecule has 0 saturated heterocycles. The molecule has 1 aliphatic carbocycles. The number of benzene rings is 1. The Bertz CT molecular complexity index is 681. The maximum Gasteiger partial charge on any atom is 0.326 e. The average molecular weight is 341 g/mol. The number of rotatable bonds is 8. The topological polar surface area (TPSA) is 110 Å². The van der Waals surface area contributed by atoms with Crippen molar-refractivity contribution in [2.75, 3.05) is 6.61 Å². The Balaban J connectivity index is 2.19. The Morgan fingerprint density at radius 3 is 2.39 bits per heavy atom. The molecular weight excluding hydrogens is 322 g/mol. The standard InChI is InChI=1S/C15H19NO6S/c1-2-22-12(17)10-15(8-9-15)23(20,21)16-13(14(18)19)11-6-4-3-5-7-11/h3-7,13,16H,2,8-10H2,1H3,(H,18,19)/t13-/m1/s1. The van der Waals surface area contributed by atoms with Crippen molar-refractivity contribution >= 4 is 22.0 Å². The van der Waals surface area contributed by atoms with Gasteiger partial charge in [-0.2, -0.15) is 4.72 Å². The van der Waals surface area contributed by atoms with Gasteiger partial charge in [-0.25, -0.2) is 8.42 Å². The summed E-state index contributed by atoms with van der Waals surface area (Å²) in [5.41, 5.74) is 0.329. The van der Waals surface area contributed by atoms with Gasteiger partial charge in [-0.05, 0) is 25.3 Å². The van der Waals surface area contributed by atoms with E-state index >= 15 is 0 Å². The van der Waals surface area contributed by atoms with Crippen LogP contribution in [0.4, 0.5) is 0 Å². The molecule has 0 amide bonds. The van der Waals surface area contributed by atoms with Crippen molar-refractivity contribution in [2.24, 2.45) is 0 Å². The minimum atomic E-state index is -3.99. The molecule has 2 N–H and O–H groups in total. The van der Waals surface area contributed by atoms with E-state index in [0.29, 0.717) is 18.4 Å². The second kappa shape index (κ2) is 6.67. The van der Waals surface area contributed by atoms with E-state index in [1.807, 2.05) is 0 Å². The molecule has 0 aromatic heterocycles. The van der Waals surface area contributed by atoms with Crippen molar-refractivity contribution in [3.63, 3.8) is 0 Å². The number of nitrogens with one attached hydrogen (secondary N) is 1. The number of carbonyl (C=O) groups excluding carboxylic acids is 1. The zero-order chi connectivity index (χ0) is 17.1. The fourth-order valence-electron chi connectivity index (χ4n) is 2.34. The first-order valence-electron chi connectivity index (χ1n) is 7.26.